The van der Waals surface area contributed by atoms with Gasteiger partial charge < -0.3 is 29.2 Å². The Morgan fingerprint density at radius 1 is 1.07 bits per heavy atom. The Morgan fingerprint density at radius 2 is 1.64 bits per heavy atom. The van der Waals surface area contributed by atoms with Gasteiger partial charge in [0.15, 0.2) is 11.5 Å². The zero-order valence-corrected chi connectivity index (χ0v) is 17.2. The van der Waals surface area contributed by atoms with Gasteiger partial charge in [-0.25, -0.2) is 4.79 Å². The molecule has 1 aliphatic rings. The largest absolute Gasteiger partial charge is 0.493 e. The van der Waals surface area contributed by atoms with E-state index in [0.29, 0.717) is 61.3 Å². The van der Waals surface area contributed by atoms with E-state index < -0.39 is 0 Å². The molecule has 8 heteroatoms. The highest BCUT2D eigenvalue weighted by Gasteiger charge is 2.26. The average molecular weight is 394 g/mol. The number of nitrogens with zero attached hydrogens (tertiary/aromatic N) is 1. The van der Waals surface area contributed by atoms with Gasteiger partial charge in [-0.05, 0) is 30.9 Å². The van der Waals surface area contributed by atoms with Gasteiger partial charge in [0.25, 0.3) is 5.91 Å². The van der Waals surface area contributed by atoms with E-state index in [1.807, 2.05) is 13.8 Å². The van der Waals surface area contributed by atoms with Crippen molar-refractivity contribution in [1.29, 1.82) is 0 Å². The molecule has 0 aromatic heterocycles. The maximum atomic E-state index is 12.7. The third-order valence-corrected chi connectivity index (χ3v) is 4.56. The van der Waals surface area contributed by atoms with Crippen LogP contribution < -0.4 is 19.5 Å². The van der Waals surface area contributed by atoms with Crippen LogP contribution in [0.15, 0.2) is 12.1 Å². The maximum absolute atomic E-state index is 12.7. The van der Waals surface area contributed by atoms with Gasteiger partial charge in [0, 0.05) is 24.7 Å². The molecule has 1 fully saturated rings. The fraction of sp³-hybridized carbons (Fsp3) is 0.600. The van der Waals surface area contributed by atoms with Crippen molar-refractivity contribution in [3.05, 3.63) is 17.7 Å². The van der Waals surface area contributed by atoms with Gasteiger partial charge in [0.05, 0.1) is 27.9 Å². The summed E-state index contributed by atoms with van der Waals surface area (Å²) in [5, 5.41) is 3.02. The number of methoxy groups -OCH3 is 3. The number of piperidine rings is 1. The van der Waals surface area contributed by atoms with Crippen LogP contribution in [0.2, 0.25) is 0 Å². The van der Waals surface area contributed by atoms with Crippen molar-refractivity contribution in [3.63, 3.8) is 0 Å². The molecule has 8 nitrogen and oxygen atoms in total. The second-order valence-electron chi connectivity index (χ2n) is 7.12. The number of hydrogen-bond donors (Lipinski definition) is 1. The summed E-state index contributed by atoms with van der Waals surface area (Å²) in [6, 6.07) is 3.23. The highest BCUT2D eigenvalue weighted by atomic mass is 16.6. The van der Waals surface area contributed by atoms with Crippen LogP contribution in [-0.4, -0.2) is 64.0 Å². The van der Waals surface area contributed by atoms with Crippen LogP contribution in [0.3, 0.4) is 0 Å². The normalized spacial score (nSPS) is 14.6. The number of likely N-dealkylation sites (tertiary alicyclic amines) is 1. The minimum absolute atomic E-state index is 0.0132. The monoisotopic (exact) mass is 394 g/mol. The van der Waals surface area contributed by atoms with Gasteiger partial charge in [-0.1, -0.05) is 13.8 Å². The maximum Gasteiger partial charge on any atom is 0.409 e. The number of carbonyl (C=O) groups is 2. The van der Waals surface area contributed by atoms with Crippen LogP contribution in [0.25, 0.3) is 0 Å². The summed E-state index contributed by atoms with van der Waals surface area (Å²) >= 11 is 0. The van der Waals surface area contributed by atoms with Crippen LogP contribution >= 0.6 is 0 Å². The predicted octanol–water partition coefficient (Wildman–Crippen LogP) is 2.70. The average Bonchev–Trinajstić information content (AvgIpc) is 2.71. The van der Waals surface area contributed by atoms with Crippen molar-refractivity contribution in [1.82, 2.24) is 10.2 Å². The molecule has 156 valence electrons. The van der Waals surface area contributed by atoms with Gasteiger partial charge in [0.2, 0.25) is 5.75 Å². The van der Waals surface area contributed by atoms with Gasteiger partial charge in [-0.2, -0.15) is 0 Å². The molecule has 0 spiro atoms. The molecule has 0 saturated carbocycles. The molecule has 1 aliphatic heterocycles. The molecule has 2 amide bonds. The highest BCUT2D eigenvalue weighted by Crippen LogP contribution is 2.38. The van der Waals surface area contributed by atoms with Crippen molar-refractivity contribution < 1.29 is 28.5 Å². The van der Waals surface area contributed by atoms with Gasteiger partial charge in [-0.15, -0.1) is 0 Å². The predicted molar refractivity (Wildman–Crippen MR) is 104 cm³/mol. The third-order valence-electron chi connectivity index (χ3n) is 4.56. The lowest BCUT2D eigenvalue weighted by molar-refractivity contribution is 0.0785. The number of benzene rings is 1. The first-order valence-electron chi connectivity index (χ1n) is 9.42. The van der Waals surface area contributed by atoms with E-state index in [-0.39, 0.29) is 18.0 Å². The lowest BCUT2D eigenvalue weighted by Gasteiger charge is -2.32. The Hall–Kier alpha value is -2.64. The summed E-state index contributed by atoms with van der Waals surface area (Å²) in [4.78, 5) is 26.4. The minimum atomic E-state index is -0.289. The Labute approximate surface area is 166 Å². The molecule has 0 aliphatic carbocycles. The summed E-state index contributed by atoms with van der Waals surface area (Å²) < 4.78 is 21.1. The molecule has 1 aromatic rings. The zero-order valence-electron chi connectivity index (χ0n) is 17.2. The van der Waals surface area contributed by atoms with Gasteiger partial charge in [-0.3, -0.25) is 4.79 Å². The van der Waals surface area contributed by atoms with Crippen LogP contribution in [0.5, 0.6) is 17.2 Å². The minimum Gasteiger partial charge on any atom is -0.493 e. The highest BCUT2D eigenvalue weighted by molar-refractivity contribution is 5.95. The molecule has 1 heterocycles. The van der Waals surface area contributed by atoms with E-state index >= 15 is 0 Å². The SMILES string of the molecule is COc1cc(C(=O)NC2CCN(C(=O)OCC(C)C)CC2)cc(OC)c1OC. The standard InChI is InChI=1S/C20H30N2O6/c1-13(2)12-28-20(24)22-8-6-15(7-9-22)21-19(23)14-10-16(25-3)18(27-5)17(11-14)26-4/h10-11,13,15H,6-9,12H2,1-5H3,(H,21,23). The van der Waals surface area contributed by atoms with Crippen molar-refractivity contribution in [2.24, 2.45) is 5.92 Å². The van der Waals surface area contributed by atoms with Gasteiger partial charge in [0.1, 0.15) is 0 Å². The van der Waals surface area contributed by atoms with E-state index in [2.05, 4.69) is 5.32 Å². The molecule has 28 heavy (non-hydrogen) atoms. The number of nitrogens with one attached hydrogen (secondary N) is 1. The number of rotatable bonds is 7. The Morgan fingerprint density at radius 3 is 2.11 bits per heavy atom. The molecular weight excluding hydrogens is 364 g/mol. The van der Waals surface area contributed by atoms with E-state index in [1.54, 1.807) is 17.0 Å². The Balaban J connectivity index is 1.95. The topological polar surface area (TPSA) is 86.3 Å². The van der Waals surface area contributed by atoms with Crippen molar-refractivity contribution in [2.75, 3.05) is 41.0 Å². The molecule has 2 rings (SSSR count). The summed E-state index contributed by atoms with van der Waals surface area (Å²) in [6.45, 7) is 5.52. The molecule has 0 atom stereocenters. The second-order valence-corrected chi connectivity index (χ2v) is 7.12. The van der Waals surface area contributed by atoms with Crippen LogP contribution in [0.4, 0.5) is 4.79 Å². The Bertz CT molecular complexity index is 658. The lowest BCUT2D eigenvalue weighted by atomic mass is 10.0. The van der Waals surface area contributed by atoms with Crippen molar-refractivity contribution in [3.8, 4) is 17.2 Å². The summed E-state index contributed by atoms with van der Waals surface area (Å²) in [5.74, 6) is 1.37. The lowest BCUT2D eigenvalue weighted by Crippen LogP contribution is -2.46. The first-order chi connectivity index (χ1) is 13.4. The molecule has 0 bridgehead atoms. The van der Waals surface area contributed by atoms with Crippen molar-refractivity contribution in [2.45, 2.75) is 32.7 Å². The zero-order chi connectivity index (χ0) is 20.7. The number of amides is 2. The van der Waals surface area contributed by atoms with Crippen LogP contribution in [0, 0.1) is 5.92 Å². The van der Waals surface area contributed by atoms with Crippen LogP contribution in [0.1, 0.15) is 37.0 Å². The van der Waals surface area contributed by atoms with E-state index in [4.69, 9.17) is 18.9 Å². The first-order valence-corrected chi connectivity index (χ1v) is 9.42. The fourth-order valence-corrected chi connectivity index (χ4v) is 3.02. The number of carbonyl (C=O) groups excluding carboxylic acids is 2. The molecule has 0 unspecified atom stereocenters. The quantitative estimate of drug-likeness (QED) is 0.765. The first kappa shape index (κ1) is 21.7. The smallest absolute Gasteiger partial charge is 0.409 e. The summed E-state index contributed by atoms with van der Waals surface area (Å²) in [6.07, 6.45) is 1.06. The van der Waals surface area contributed by atoms with E-state index in [1.165, 1.54) is 21.3 Å². The molecule has 1 saturated heterocycles. The Kier molecular flexibility index (Phi) is 7.78. The fourth-order valence-electron chi connectivity index (χ4n) is 3.02. The van der Waals surface area contributed by atoms with Crippen molar-refractivity contribution >= 4 is 12.0 Å². The van der Waals surface area contributed by atoms with Crippen LogP contribution in [-0.2, 0) is 4.74 Å². The van der Waals surface area contributed by atoms with Gasteiger partial charge >= 0.3 is 6.09 Å². The summed E-state index contributed by atoms with van der Waals surface area (Å²) in [5.41, 5.74) is 0.424. The molecule has 0 radical (unpaired) electrons. The molecule has 1 N–H and O–H groups in total. The van der Waals surface area contributed by atoms with E-state index in [9.17, 15) is 9.59 Å². The number of ether oxygens (including phenoxy) is 4. The molecular formula is C20H30N2O6. The second kappa shape index (κ2) is 10.1. The molecule has 1 aromatic carbocycles. The summed E-state index contributed by atoms with van der Waals surface area (Å²) in [7, 11) is 4.53. The number of hydrogen-bond acceptors (Lipinski definition) is 6. The van der Waals surface area contributed by atoms with E-state index in [0.717, 1.165) is 0 Å². The third kappa shape index (κ3) is 5.43.